The van der Waals surface area contributed by atoms with Crippen LogP contribution >= 0.6 is 35.5 Å². The van der Waals surface area contributed by atoms with Crippen molar-refractivity contribution in [3.8, 4) is 0 Å². The number of aliphatic imine (C=N–C) groups is 1. The van der Waals surface area contributed by atoms with Gasteiger partial charge in [-0.25, -0.2) is 4.98 Å². The number of nitrogens with one attached hydrogen (secondary N) is 1. The molecule has 2 aromatic rings. The summed E-state index contributed by atoms with van der Waals surface area (Å²) in [6, 6.07) is 3.85. The van der Waals surface area contributed by atoms with Gasteiger partial charge < -0.3 is 19.5 Å². The number of furan rings is 1. The van der Waals surface area contributed by atoms with Gasteiger partial charge in [-0.2, -0.15) is 4.37 Å². The molecule has 9 heteroatoms. The minimum atomic E-state index is 0. The van der Waals surface area contributed by atoms with Crippen LogP contribution < -0.4 is 10.2 Å². The molecule has 7 nitrogen and oxygen atoms in total. The fourth-order valence-corrected chi connectivity index (χ4v) is 3.34. The van der Waals surface area contributed by atoms with E-state index in [1.165, 1.54) is 11.5 Å². The summed E-state index contributed by atoms with van der Waals surface area (Å²) in [5, 5.41) is 4.38. The normalized spacial score (nSPS) is 15.3. The average molecular weight is 462 g/mol. The molecule has 132 valence electrons. The lowest BCUT2D eigenvalue weighted by Gasteiger charge is -2.36. The third-order valence-electron chi connectivity index (χ3n) is 3.84. The van der Waals surface area contributed by atoms with Crippen molar-refractivity contribution in [1.82, 2.24) is 19.6 Å². The number of rotatable bonds is 4. The molecule has 1 aliphatic heterocycles. The monoisotopic (exact) mass is 462 g/mol. The first-order valence-corrected chi connectivity index (χ1v) is 8.63. The van der Waals surface area contributed by atoms with E-state index in [1.807, 2.05) is 19.2 Å². The molecule has 1 fully saturated rings. The van der Waals surface area contributed by atoms with Crippen LogP contribution in [0.1, 0.15) is 18.5 Å². The highest BCUT2D eigenvalue weighted by Gasteiger charge is 2.22. The highest BCUT2D eigenvalue weighted by molar-refractivity contribution is 14.0. The Balaban J connectivity index is 0.00000208. The van der Waals surface area contributed by atoms with Crippen LogP contribution in [0.5, 0.6) is 0 Å². The minimum absolute atomic E-state index is 0. The zero-order chi connectivity index (χ0) is 16.1. The molecule has 0 bridgehead atoms. The topological polar surface area (TPSA) is 69.8 Å². The molecule has 1 saturated heterocycles. The third kappa shape index (κ3) is 4.59. The van der Waals surface area contributed by atoms with Crippen molar-refractivity contribution < 1.29 is 4.42 Å². The van der Waals surface area contributed by atoms with E-state index in [2.05, 4.69) is 36.4 Å². The number of piperazine rings is 1. The Bertz CT molecular complexity index is 636. The Morgan fingerprint density at radius 1 is 1.38 bits per heavy atom. The van der Waals surface area contributed by atoms with Crippen molar-refractivity contribution in [3.63, 3.8) is 0 Å². The molecular weight excluding hydrogens is 439 g/mol. The second-order valence-corrected chi connectivity index (χ2v) is 6.03. The average Bonchev–Trinajstić information content (AvgIpc) is 3.27. The van der Waals surface area contributed by atoms with Crippen molar-refractivity contribution in [2.45, 2.75) is 19.9 Å². The highest BCUT2D eigenvalue weighted by Crippen LogP contribution is 2.19. The van der Waals surface area contributed by atoms with Gasteiger partial charge in [0.2, 0.25) is 5.13 Å². The molecule has 0 spiro atoms. The van der Waals surface area contributed by atoms with Gasteiger partial charge in [0, 0.05) is 51.2 Å². The second-order valence-electron chi connectivity index (χ2n) is 5.30. The van der Waals surface area contributed by atoms with Crippen molar-refractivity contribution in [3.05, 3.63) is 30.0 Å². The number of anilines is 1. The van der Waals surface area contributed by atoms with E-state index in [1.54, 1.807) is 6.26 Å². The standard InChI is InChI=1S/C15H22N6OS.HI/c1-3-13-18-15(23-19-13)21-8-6-20(7-9-21)14(16-2)17-11-12-5-4-10-22-12;/h4-5,10H,3,6-9,11H2,1-2H3,(H,16,17);1H. The van der Waals surface area contributed by atoms with Crippen LogP contribution in [0.25, 0.3) is 0 Å². The van der Waals surface area contributed by atoms with E-state index in [4.69, 9.17) is 4.42 Å². The third-order valence-corrected chi connectivity index (χ3v) is 4.65. The maximum absolute atomic E-state index is 5.35. The maximum Gasteiger partial charge on any atom is 0.205 e. The Morgan fingerprint density at radius 2 is 2.17 bits per heavy atom. The molecule has 2 aromatic heterocycles. The maximum atomic E-state index is 5.35. The molecule has 0 aliphatic carbocycles. The van der Waals surface area contributed by atoms with Crippen LogP contribution in [0, 0.1) is 0 Å². The van der Waals surface area contributed by atoms with E-state index in [-0.39, 0.29) is 24.0 Å². The van der Waals surface area contributed by atoms with Crippen molar-refractivity contribution in [1.29, 1.82) is 0 Å². The van der Waals surface area contributed by atoms with Gasteiger partial charge >= 0.3 is 0 Å². The van der Waals surface area contributed by atoms with Gasteiger partial charge in [-0.3, -0.25) is 4.99 Å². The molecule has 0 radical (unpaired) electrons. The largest absolute Gasteiger partial charge is 0.467 e. The molecule has 1 aliphatic rings. The summed E-state index contributed by atoms with van der Waals surface area (Å²) in [5.74, 6) is 2.75. The summed E-state index contributed by atoms with van der Waals surface area (Å²) < 4.78 is 9.71. The zero-order valence-corrected chi connectivity index (χ0v) is 17.1. The summed E-state index contributed by atoms with van der Waals surface area (Å²) in [6.45, 7) is 6.42. The quantitative estimate of drug-likeness (QED) is 0.427. The van der Waals surface area contributed by atoms with Crippen LogP contribution in [0.2, 0.25) is 0 Å². The zero-order valence-electron chi connectivity index (χ0n) is 13.9. The van der Waals surface area contributed by atoms with Crippen LogP contribution in [0.4, 0.5) is 5.13 Å². The Hall–Kier alpha value is -1.36. The lowest BCUT2D eigenvalue weighted by Crippen LogP contribution is -2.52. The van der Waals surface area contributed by atoms with Crippen molar-refractivity contribution in [2.24, 2.45) is 4.99 Å². The summed E-state index contributed by atoms with van der Waals surface area (Å²) in [4.78, 5) is 13.5. The van der Waals surface area contributed by atoms with Gasteiger partial charge in [0.25, 0.3) is 0 Å². The first kappa shape index (κ1) is 19.0. The number of hydrogen-bond acceptors (Lipinski definition) is 6. The lowest BCUT2D eigenvalue weighted by atomic mass is 10.3. The van der Waals surface area contributed by atoms with E-state index >= 15 is 0 Å². The minimum Gasteiger partial charge on any atom is -0.467 e. The lowest BCUT2D eigenvalue weighted by molar-refractivity contribution is 0.369. The van der Waals surface area contributed by atoms with E-state index < -0.39 is 0 Å². The fourth-order valence-electron chi connectivity index (χ4n) is 2.54. The molecule has 0 unspecified atom stereocenters. The smallest absolute Gasteiger partial charge is 0.205 e. The summed E-state index contributed by atoms with van der Waals surface area (Å²) >= 11 is 1.49. The van der Waals surface area contributed by atoms with E-state index in [0.717, 1.165) is 55.3 Å². The summed E-state index contributed by atoms with van der Waals surface area (Å²) in [7, 11) is 1.81. The van der Waals surface area contributed by atoms with Crippen LogP contribution in [0.3, 0.4) is 0 Å². The molecule has 1 N–H and O–H groups in total. The Kier molecular flexibility index (Phi) is 7.28. The van der Waals surface area contributed by atoms with Gasteiger partial charge in [-0.1, -0.05) is 6.92 Å². The molecule has 0 atom stereocenters. The first-order chi connectivity index (χ1) is 11.3. The number of hydrogen-bond donors (Lipinski definition) is 1. The molecule has 0 saturated carbocycles. The van der Waals surface area contributed by atoms with Crippen LogP contribution in [0.15, 0.2) is 27.8 Å². The molecule has 0 aromatic carbocycles. The van der Waals surface area contributed by atoms with Gasteiger partial charge in [0.05, 0.1) is 12.8 Å². The van der Waals surface area contributed by atoms with Crippen molar-refractivity contribution in [2.75, 3.05) is 38.1 Å². The summed E-state index contributed by atoms with van der Waals surface area (Å²) in [5.41, 5.74) is 0. The van der Waals surface area contributed by atoms with E-state index in [0.29, 0.717) is 6.54 Å². The molecule has 24 heavy (non-hydrogen) atoms. The van der Waals surface area contributed by atoms with Crippen molar-refractivity contribution >= 4 is 46.6 Å². The first-order valence-electron chi connectivity index (χ1n) is 7.85. The predicted octanol–water partition coefficient (Wildman–Crippen LogP) is 2.21. The molecule has 3 heterocycles. The van der Waals surface area contributed by atoms with Gasteiger partial charge in [-0.15, -0.1) is 24.0 Å². The van der Waals surface area contributed by atoms with Crippen LogP contribution in [-0.2, 0) is 13.0 Å². The van der Waals surface area contributed by atoms with Gasteiger partial charge in [-0.05, 0) is 12.1 Å². The number of aromatic nitrogens is 2. The fraction of sp³-hybridized carbons (Fsp3) is 0.533. The summed E-state index contributed by atoms with van der Waals surface area (Å²) in [6.07, 6.45) is 2.57. The predicted molar refractivity (Wildman–Crippen MR) is 107 cm³/mol. The molecular formula is C15H23IN6OS. The molecule has 3 rings (SSSR count). The van der Waals surface area contributed by atoms with Gasteiger partial charge in [0.15, 0.2) is 5.96 Å². The van der Waals surface area contributed by atoms with Crippen LogP contribution in [-0.4, -0.2) is 53.4 Å². The number of guanidine groups is 1. The Labute approximate surface area is 163 Å². The molecule has 0 amide bonds. The number of aryl methyl sites for hydroxylation is 1. The number of halogens is 1. The second kappa shape index (κ2) is 9.21. The van der Waals surface area contributed by atoms with E-state index in [9.17, 15) is 0 Å². The highest BCUT2D eigenvalue weighted by atomic mass is 127. The Morgan fingerprint density at radius 3 is 2.75 bits per heavy atom. The SMILES string of the molecule is CCc1nsc(N2CCN(C(=NC)NCc3ccco3)CC2)n1.I. The number of nitrogens with zero attached hydrogens (tertiary/aromatic N) is 5. The van der Waals surface area contributed by atoms with Gasteiger partial charge in [0.1, 0.15) is 11.6 Å².